The lowest BCUT2D eigenvalue weighted by molar-refractivity contribution is -0.167. The van der Waals surface area contributed by atoms with E-state index in [9.17, 15) is 24.0 Å². The maximum absolute atomic E-state index is 13.7. The number of hydrogen-bond donors (Lipinski definition) is 0. The van der Waals surface area contributed by atoms with Crippen LogP contribution in [0, 0.1) is 11.8 Å². The molecule has 0 radical (unpaired) electrons. The largest absolute Gasteiger partial charge is 0.468 e. The first-order valence-corrected chi connectivity index (χ1v) is 10.9. The summed E-state index contributed by atoms with van der Waals surface area (Å²) in [5.74, 6) is -6.45. The van der Waals surface area contributed by atoms with E-state index in [-0.39, 0.29) is 13.0 Å². The average molecular weight is 477 g/mol. The van der Waals surface area contributed by atoms with E-state index < -0.39 is 53.3 Å². The number of benzene rings is 1. The Labute approximate surface area is 199 Å². The first kappa shape index (κ1) is 26.8. The van der Waals surface area contributed by atoms with Crippen molar-refractivity contribution in [2.24, 2.45) is 11.8 Å². The minimum Gasteiger partial charge on any atom is -0.468 e. The molecule has 0 aromatic heterocycles. The summed E-state index contributed by atoms with van der Waals surface area (Å²) in [6.45, 7) is 4.94. The summed E-state index contributed by atoms with van der Waals surface area (Å²) in [6.07, 6.45) is 0.364. The Balaban J connectivity index is 2.46. The Morgan fingerprint density at radius 3 is 2.09 bits per heavy atom. The first-order valence-electron chi connectivity index (χ1n) is 10.9. The molecule has 0 bridgehead atoms. The number of carbonyl (C=O) groups is 5. The number of rotatable bonds is 8. The van der Waals surface area contributed by atoms with Crippen LogP contribution in [0.3, 0.4) is 0 Å². The number of aryl methyl sites for hydroxylation is 1. The minimum absolute atomic E-state index is 0.0340. The molecule has 1 fully saturated rings. The van der Waals surface area contributed by atoms with Crippen LogP contribution < -0.4 is 0 Å². The first-order chi connectivity index (χ1) is 15.9. The molecular formula is C24H32N2O8. The molecule has 186 valence electrons. The number of urea groups is 1. The van der Waals surface area contributed by atoms with E-state index in [1.807, 2.05) is 30.3 Å². The highest BCUT2D eigenvalue weighted by atomic mass is 16.6. The Hall–Kier alpha value is -3.43. The maximum atomic E-state index is 13.7. The van der Waals surface area contributed by atoms with Crippen LogP contribution in [-0.2, 0) is 39.8 Å². The quantitative estimate of drug-likeness (QED) is 0.317. The molecule has 3 amide bonds. The third kappa shape index (κ3) is 6.33. The molecule has 10 nitrogen and oxygen atoms in total. The number of esters is 3. The zero-order chi connectivity index (χ0) is 25.6. The third-order valence-electron chi connectivity index (χ3n) is 5.42. The van der Waals surface area contributed by atoms with Crippen molar-refractivity contribution in [3.8, 4) is 0 Å². The van der Waals surface area contributed by atoms with Crippen molar-refractivity contribution in [2.75, 3.05) is 27.8 Å². The monoisotopic (exact) mass is 476 g/mol. The molecule has 1 aromatic rings. The van der Waals surface area contributed by atoms with E-state index in [1.165, 1.54) is 11.9 Å². The van der Waals surface area contributed by atoms with Gasteiger partial charge in [0.2, 0.25) is 5.91 Å². The van der Waals surface area contributed by atoms with Gasteiger partial charge >= 0.3 is 23.9 Å². The average Bonchev–Trinajstić information content (AvgIpc) is 3.09. The van der Waals surface area contributed by atoms with Crippen LogP contribution in [-0.4, -0.2) is 79.1 Å². The van der Waals surface area contributed by atoms with Crippen LogP contribution in [0.15, 0.2) is 30.3 Å². The molecule has 2 atom stereocenters. The molecular weight excluding hydrogens is 444 g/mol. The van der Waals surface area contributed by atoms with Crippen molar-refractivity contribution in [3.63, 3.8) is 0 Å². The zero-order valence-corrected chi connectivity index (χ0v) is 20.4. The second-order valence-electron chi connectivity index (χ2n) is 9.08. The smallest absolute Gasteiger partial charge is 0.331 e. The molecule has 1 aliphatic heterocycles. The summed E-state index contributed by atoms with van der Waals surface area (Å²) >= 11 is 0. The van der Waals surface area contributed by atoms with Crippen LogP contribution in [0.2, 0.25) is 0 Å². The summed E-state index contributed by atoms with van der Waals surface area (Å²) in [6, 6.07) is 7.21. The second-order valence-corrected chi connectivity index (χ2v) is 9.08. The van der Waals surface area contributed by atoms with Gasteiger partial charge in [0.15, 0.2) is 12.0 Å². The lowest BCUT2D eigenvalue weighted by atomic mass is 9.85. The Morgan fingerprint density at radius 2 is 1.59 bits per heavy atom. The van der Waals surface area contributed by atoms with E-state index in [4.69, 9.17) is 14.2 Å². The van der Waals surface area contributed by atoms with Crippen LogP contribution in [0.4, 0.5) is 4.79 Å². The van der Waals surface area contributed by atoms with Gasteiger partial charge in [0.05, 0.1) is 26.7 Å². The number of likely N-dealkylation sites (N-methyl/N-ethyl adjacent to an activating group) is 1. The molecule has 0 saturated carbocycles. The molecule has 0 spiro atoms. The van der Waals surface area contributed by atoms with Gasteiger partial charge in [-0.05, 0) is 39.2 Å². The standard InChI is InChI=1S/C24H32N2O8/c1-24(2,3)34-20(28)17-14-25(4)23(31)26(17)19(27)16(13-12-15-10-8-7-9-11-15)18(21(29)32-5)22(30)33-6/h7-11,16-18H,12-14H2,1-6H3/t16-,17-/m0/s1. The maximum Gasteiger partial charge on any atom is 0.331 e. The van der Waals surface area contributed by atoms with Gasteiger partial charge in [-0.1, -0.05) is 30.3 Å². The lowest BCUT2D eigenvalue weighted by Crippen LogP contribution is -2.51. The highest BCUT2D eigenvalue weighted by Gasteiger charge is 2.51. The van der Waals surface area contributed by atoms with Gasteiger partial charge in [0.1, 0.15) is 5.60 Å². The van der Waals surface area contributed by atoms with Gasteiger partial charge in [0.25, 0.3) is 0 Å². The van der Waals surface area contributed by atoms with Crippen LogP contribution >= 0.6 is 0 Å². The normalized spacial score (nSPS) is 16.9. The van der Waals surface area contributed by atoms with Gasteiger partial charge in [-0.25, -0.2) is 14.5 Å². The van der Waals surface area contributed by atoms with Gasteiger partial charge < -0.3 is 19.1 Å². The Morgan fingerprint density at radius 1 is 1.03 bits per heavy atom. The summed E-state index contributed by atoms with van der Waals surface area (Å²) in [5, 5.41) is 0. The fourth-order valence-electron chi connectivity index (χ4n) is 3.79. The summed E-state index contributed by atoms with van der Waals surface area (Å²) in [4.78, 5) is 66.6. The number of hydrogen-bond acceptors (Lipinski definition) is 8. The molecule has 2 rings (SSSR count). The lowest BCUT2D eigenvalue weighted by Gasteiger charge is -2.29. The molecule has 1 aliphatic rings. The van der Waals surface area contributed by atoms with Crippen molar-refractivity contribution in [3.05, 3.63) is 35.9 Å². The van der Waals surface area contributed by atoms with E-state index in [2.05, 4.69) is 0 Å². The van der Waals surface area contributed by atoms with E-state index >= 15 is 0 Å². The molecule has 0 aliphatic carbocycles. The van der Waals surface area contributed by atoms with Crippen LogP contribution in [0.25, 0.3) is 0 Å². The number of imide groups is 1. The molecule has 1 saturated heterocycles. The summed E-state index contributed by atoms with van der Waals surface area (Å²) < 4.78 is 15.0. The molecule has 10 heteroatoms. The van der Waals surface area contributed by atoms with Gasteiger partial charge in [-0.2, -0.15) is 0 Å². The highest BCUT2D eigenvalue weighted by Crippen LogP contribution is 2.28. The number of carbonyl (C=O) groups excluding carboxylic acids is 5. The zero-order valence-electron chi connectivity index (χ0n) is 20.4. The number of methoxy groups -OCH3 is 2. The summed E-state index contributed by atoms with van der Waals surface area (Å²) in [5.41, 5.74) is 0.0193. The van der Waals surface area contributed by atoms with Gasteiger partial charge in [-0.3, -0.25) is 14.4 Å². The van der Waals surface area contributed by atoms with Crippen molar-refractivity contribution < 1.29 is 38.2 Å². The predicted octanol–water partition coefficient (Wildman–Crippen LogP) is 1.80. The predicted molar refractivity (Wildman–Crippen MR) is 120 cm³/mol. The van der Waals surface area contributed by atoms with Crippen molar-refractivity contribution in [1.82, 2.24) is 9.80 Å². The third-order valence-corrected chi connectivity index (χ3v) is 5.42. The van der Waals surface area contributed by atoms with Crippen LogP contribution in [0.1, 0.15) is 32.8 Å². The summed E-state index contributed by atoms with van der Waals surface area (Å²) in [7, 11) is 3.63. The fraction of sp³-hybridized carbons (Fsp3) is 0.542. The van der Waals surface area contributed by atoms with E-state index in [0.29, 0.717) is 6.42 Å². The number of amides is 3. The molecule has 1 aromatic carbocycles. The van der Waals surface area contributed by atoms with Crippen molar-refractivity contribution in [2.45, 2.75) is 45.3 Å². The Kier molecular flexibility index (Phi) is 8.78. The van der Waals surface area contributed by atoms with Gasteiger partial charge in [0, 0.05) is 7.05 Å². The molecule has 0 N–H and O–H groups in total. The minimum atomic E-state index is -1.61. The molecule has 34 heavy (non-hydrogen) atoms. The SMILES string of the molecule is COC(=O)C(C(=O)OC)[C@H](CCc1ccccc1)C(=O)N1C(=O)N(C)C[C@H]1C(=O)OC(C)(C)C. The van der Waals surface area contributed by atoms with Crippen molar-refractivity contribution in [1.29, 1.82) is 0 Å². The van der Waals surface area contributed by atoms with Gasteiger partial charge in [-0.15, -0.1) is 0 Å². The van der Waals surface area contributed by atoms with E-state index in [1.54, 1.807) is 20.8 Å². The highest BCUT2D eigenvalue weighted by molar-refractivity contribution is 6.06. The van der Waals surface area contributed by atoms with Crippen molar-refractivity contribution >= 4 is 29.8 Å². The Bertz CT molecular complexity index is 909. The molecule has 0 unspecified atom stereocenters. The van der Waals surface area contributed by atoms with E-state index in [0.717, 1.165) is 24.7 Å². The topological polar surface area (TPSA) is 120 Å². The number of ether oxygens (including phenoxy) is 3. The number of nitrogens with zero attached hydrogens (tertiary/aromatic N) is 2. The molecule has 1 heterocycles. The second kappa shape index (κ2) is 11.1. The van der Waals surface area contributed by atoms with Crippen LogP contribution in [0.5, 0.6) is 0 Å². The fourth-order valence-corrected chi connectivity index (χ4v) is 3.79.